The highest BCUT2D eigenvalue weighted by atomic mass is 16.5. The fourth-order valence-corrected chi connectivity index (χ4v) is 2.32. The Labute approximate surface area is 117 Å². The summed E-state index contributed by atoms with van der Waals surface area (Å²) in [4.78, 5) is 11.8. The Hall–Kier alpha value is -2.49. The van der Waals surface area contributed by atoms with E-state index in [-0.39, 0.29) is 12.6 Å². The molecule has 2 aromatic carbocycles. The Kier molecular flexibility index (Phi) is 3.54. The number of para-hydroxylation sites is 1. The number of alkyl carbamates (subject to hydrolysis) is 1. The van der Waals surface area contributed by atoms with Gasteiger partial charge in [0.1, 0.15) is 6.61 Å². The first kappa shape index (κ1) is 12.5. The number of ether oxygens (including phenoxy) is 1. The van der Waals surface area contributed by atoms with Gasteiger partial charge in [-0.2, -0.15) is 0 Å². The van der Waals surface area contributed by atoms with Gasteiger partial charge in [0.05, 0.1) is 6.04 Å². The van der Waals surface area contributed by atoms with E-state index in [1.165, 1.54) is 0 Å². The second kappa shape index (κ2) is 5.65. The van der Waals surface area contributed by atoms with Gasteiger partial charge < -0.3 is 15.4 Å². The Balaban J connectivity index is 1.55. The summed E-state index contributed by atoms with van der Waals surface area (Å²) in [7, 11) is 0. The van der Waals surface area contributed by atoms with Crippen molar-refractivity contribution in [3.05, 3.63) is 65.7 Å². The minimum Gasteiger partial charge on any atom is -0.445 e. The SMILES string of the molecule is O=C(N[C@@H]1CNc2ccccc21)OCc1ccccc1. The van der Waals surface area contributed by atoms with Crippen molar-refractivity contribution in [1.29, 1.82) is 0 Å². The van der Waals surface area contributed by atoms with E-state index in [2.05, 4.69) is 10.6 Å². The van der Waals surface area contributed by atoms with Crippen LogP contribution in [0.25, 0.3) is 0 Å². The number of carbonyl (C=O) groups excluding carboxylic acids is 1. The third-order valence-corrected chi connectivity index (χ3v) is 3.34. The van der Waals surface area contributed by atoms with Crippen molar-refractivity contribution in [3.63, 3.8) is 0 Å². The number of anilines is 1. The molecule has 4 nitrogen and oxygen atoms in total. The van der Waals surface area contributed by atoms with E-state index in [0.717, 1.165) is 16.8 Å². The van der Waals surface area contributed by atoms with Crippen LogP contribution in [-0.4, -0.2) is 12.6 Å². The Morgan fingerprint density at radius 3 is 2.75 bits per heavy atom. The molecule has 1 heterocycles. The van der Waals surface area contributed by atoms with Gasteiger partial charge in [-0.05, 0) is 17.2 Å². The lowest BCUT2D eigenvalue weighted by Crippen LogP contribution is -2.30. The zero-order valence-electron chi connectivity index (χ0n) is 11.0. The van der Waals surface area contributed by atoms with E-state index < -0.39 is 6.09 Å². The quantitative estimate of drug-likeness (QED) is 0.899. The van der Waals surface area contributed by atoms with Crippen LogP contribution in [0.2, 0.25) is 0 Å². The van der Waals surface area contributed by atoms with Crippen LogP contribution in [-0.2, 0) is 11.3 Å². The highest BCUT2D eigenvalue weighted by Crippen LogP contribution is 2.28. The highest BCUT2D eigenvalue weighted by molar-refractivity contribution is 5.70. The summed E-state index contributed by atoms with van der Waals surface area (Å²) in [6.07, 6.45) is -0.391. The molecule has 102 valence electrons. The first-order valence-electron chi connectivity index (χ1n) is 6.63. The lowest BCUT2D eigenvalue weighted by atomic mass is 10.1. The molecule has 1 atom stereocenters. The first-order chi connectivity index (χ1) is 9.83. The number of fused-ring (bicyclic) bond motifs is 1. The van der Waals surface area contributed by atoms with Gasteiger partial charge in [-0.15, -0.1) is 0 Å². The maximum Gasteiger partial charge on any atom is 0.408 e. The fraction of sp³-hybridized carbons (Fsp3) is 0.188. The number of carbonyl (C=O) groups is 1. The molecule has 3 rings (SSSR count). The molecule has 4 heteroatoms. The molecule has 0 aromatic heterocycles. The Morgan fingerprint density at radius 2 is 1.90 bits per heavy atom. The van der Waals surface area contributed by atoms with Crippen molar-refractivity contribution in [2.45, 2.75) is 12.6 Å². The number of amides is 1. The van der Waals surface area contributed by atoms with Crippen LogP contribution in [0.4, 0.5) is 10.5 Å². The van der Waals surface area contributed by atoms with Crippen molar-refractivity contribution in [1.82, 2.24) is 5.32 Å². The van der Waals surface area contributed by atoms with Gasteiger partial charge in [-0.1, -0.05) is 48.5 Å². The lowest BCUT2D eigenvalue weighted by molar-refractivity contribution is 0.136. The highest BCUT2D eigenvalue weighted by Gasteiger charge is 2.23. The predicted molar refractivity (Wildman–Crippen MR) is 77.4 cm³/mol. The van der Waals surface area contributed by atoms with E-state index in [0.29, 0.717) is 6.54 Å². The average molecular weight is 268 g/mol. The van der Waals surface area contributed by atoms with Gasteiger partial charge in [0, 0.05) is 12.2 Å². The summed E-state index contributed by atoms with van der Waals surface area (Å²) < 4.78 is 5.23. The number of hydrogen-bond acceptors (Lipinski definition) is 3. The van der Waals surface area contributed by atoms with Gasteiger partial charge in [0.25, 0.3) is 0 Å². The molecular formula is C16H16N2O2. The van der Waals surface area contributed by atoms with Crippen LogP contribution in [0.1, 0.15) is 17.2 Å². The summed E-state index contributed by atoms with van der Waals surface area (Å²) in [5.74, 6) is 0. The molecule has 1 aliphatic heterocycles. The van der Waals surface area contributed by atoms with Crippen molar-refractivity contribution >= 4 is 11.8 Å². The fourth-order valence-electron chi connectivity index (χ4n) is 2.32. The molecule has 0 unspecified atom stereocenters. The average Bonchev–Trinajstić information content (AvgIpc) is 2.90. The van der Waals surface area contributed by atoms with Gasteiger partial charge in [-0.25, -0.2) is 4.79 Å². The zero-order chi connectivity index (χ0) is 13.8. The smallest absolute Gasteiger partial charge is 0.408 e. The van der Waals surface area contributed by atoms with Crippen LogP contribution in [0.15, 0.2) is 54.6 Å². The minimum atomic E-state index is -0.391. The summed E-state index contributed by atoms with van der Waals surface area (Å²) in [5, 5.41) is 6.14. The molecule has 0 spiro atoms. The van der Waals surface area contributed by atoms with Crippen molar-refractivity contribution in [2.24, 2.45) is 0 Å². The summed E-state index contributed by atoms with van der Waals surface area (Å²) in [5.41, 5.74) is 3.15. The summed E-state index contributed by atoms with van der Waals surface area (Å²) in [6, 6.07) is 17.6. The van der Waals surface area contributed by atoms with Crippen LogP contribution in [0.3, 0.4) is 0 Å². The molecular weight excluding hydrogens is 252 g/mol. The number of benzene rings is 2. The van der Waals surface area contributed by atoms with Gasteiger partial charge in [0.2, 0.25) is 0 Å². The molecule has 0 fully saturated rings. The van der Waals surface area contributed by atoms with Crippen molar-refractivity contribution < 1.29 is 9.53 Å². The molecule has 2 aromatic rings. The molecule has 2 N–H and O–H groups in total. The van der Waals surface area contributed by atoms with E-state index in [4.69, 9.17) is 4.74 Å². The maximum absolute atomic E-state index is 11.8. The van der Waals surface area contributed by atoms with Gasteiger partial charge in [-0.3, -0.25) is 0 Å². The molecule has 1 aliphatic rings. The monoisotopic (exact) mass is 268 g/mol. The third kappa shape index (κ3) is 2.74. The molecule has 0 saturated heterocycles. The third-order valence-electron chi connectivity index (χ3n) is 3.34. The molecule has 0 radical (unpaired) electrons. The zero-order valence-corrected chi connectivity index (χ0v) is 11.0. The summed E-state index contributed by atoms with van der Waals surface area (Å²) in [6.45, 7) is 0.980. The normalized spacial score (nSPS) is 16.1. The van der Waals surface area contributed by atoms with E-state index >= 15 is 0 Å². The van der Waals surface area contributed by atoms with Gasteiger partial charge >= 0.3 is 6.09 Å². The van der Waals surface area contributed by atoms with Crippen LogP contribution in [0.5, 0.6) is 0 Å². The lowest BCUT2D eigenvalue weighted by Gasteiger charge is -2.13. The Bertz CT molecular complexity index is 598. The molecule has 0 saturated carbocycles. The number of hydrogen-bond donors (Lipinski definition) is 2. The van der Waals surface area contributed by atoms with E-state index in [1.54, 1.807) is 0 Å². The van der Waals surface area contributed by atoms with Crippen molar-refractivity contribution in [3.8, 4) is 0 Å². The molecule has 20 heavy (non-hydrogen) atoms. The first-order valence-corrected chi connectivity index (χ1v) is 6.63. The van der Waals surface area contributed by atoms with Crippen LogP contribution >= 0.6 is 0 Å². The van der Waals surface area contributed by atoms with Crippen molar-refractivity contribution in [2.75, 3.05) is 11.9 Å². The molecule has 1 amide bonds. The van der Waals surface area contributed by atoms with E-state index in [1.807, 2.05) is 54.6 Å². The Morgan fingerprint density at radius 1 is 1.15 bits per heavy atom. The summed E-state index contributed by atoms with van der Waals surface area (Å²) >= 11 is 0. The maximum atomic E-state index is 11.8. The second-order valence-corrected chi connectivity index (χ2v) is 4.73. The standard InChI is InChI=1S/C16H16N2O2/c19-16(20-11-12-6-2-1-3-7-12)18-15-10-17-14-9-5-4-8-13(14)15/h1-9,15,17H,10-11H2,(H,18,19)/t15-/m1/s1. The second-order valence-electron chi connectivity index (χ2n) is 4.73. The van der Waals surface area contributed by atoms with Gasteiger partial charge in [0.15, 0.2) is 0 Å². The molecule has 0 bridgehead atoms. The largest absolute Gasteiger partial charge is 0.445 e. The van der Waals surface area contributed by atoms with E-state index in [9.17, 15) is 4.79 Å². The number of rotatable bonds is 3. The number of nitrogens with one attached hydrogen (secondary N) is 2. The minimum absolute atomic E-state index is 0.0329. The molecule has 0 aliphatic carbocycles. The van der Waals surface area contributed by atoms with Crippen LogP contribution < -0.4 is 10.6 Å². The predicted octanol–water partition coefficient (Wildman–Crippen LogP) is 3.08. The topological polar surface area (TPSA) is 50.4 Å². The van der Waals surface area contributed by atoms with Crippen LogP contribution in [0, 0.1) is 0 Å².